The van der Waals surface area contributed by atoms with Crippen molar-refractivity contribution in [2.24, 2.45) is 0 Å². The van der Waals surface area contributed by atoms with Gasteiger partial charge in [0.1, 0.15) is 5.69 Å². The number of carboxylic acids is 1. The first-order valence-corrected chi connectivity index (χ1v) is 8.91. The zero-order chi connectivity index (χ0) is 19.7. The zero-order valence-electron chi connectivity index (χ0n) is 15.1. The Labute approximate surface area is 159 Å². The number of H-pyrrole nitrogens is 2. The lowest BCUT2D eigenvalue weighted by atomic mass is 10.1. The van der Waals surface area contributed by atoms with Crippen molar-refractivity contribution in [2.45, 2.75) is 13.1 Å². The Hall–Kier alpha value is -3.11. The number of rotatable bonds is 5. The number of hydrogen-bond acceptors (Lipinski definition) is 7. The lowest BCUT2D eigenvalue weighted by Crippen LogP contribution is -2.46. The van der Waals surface area contributed by atoms with Crippen LogP contribution in [0.4, 0.5) is 0 Å². The van der Waals surface area contributed by atoms with Crippen LogP contribution in [0.2, 0.25) is 0 Å². The number of piperazine rings is 1. The average molecular weight is 388 g/mol. The van der Waals surface area contributed by atoms with Crippen molar-refractivity contribution in [3.8, 4) is 11.5 Å². The van der Waals surface area contributed by atoms with E-state index in [2.05, 4.69) is 14.9 Å². The van der Waals surface area contributed by atoms with Crippen molar-refractivity contribution in [2.75, 3.05) is 33.0 Å². The summed E-state index contributed by atoms with van der Waals surface area (Å²) in [4.78, 5) is 43.3. The second-order valence-electron chi connectivity index (χ2n) is 6.81. The van der Waals surface area contributed by atoms with Crippen molar-refractivity contribution >= 4 is 5.97 Å². The van der Waals surface area contributed by atoms with Crippen molar-refractivity contribution in [3.05, 3.63) is 55.9 Å². The molecule has 4 rings (SSSR count). The number of benzene rings is 1. The van der Waals surface area contributed by atoms with Crippen LogP contribution < -0.4 is 20.7 Å². The van der Waals surface area contributed by atoms with E-state index in [1.165, 1.54) is 0 Å². The molecule has 0 bridgehead atoms. The third-order valence-electron chi connectivity index (χ3n) is 4.95. The summed E-state index contributed by atoms with van der Waals surface area (Å²) in [5.74, 6) is 0.197. The number of hydrogen-bond donors (Lipinski definition) is 3. The lowest BCUT2D eigenvalue weighted by Gasteiger charge is -2.34. The van der Waals surface area contributed by atoms with Crippen molar-refractivity contribution in [1.29, 1.82) is 0 Å². The van der Waals surface area contributed by atoms with Crippen LogP contribution in [0.1, 0.15) is 21.6 Å². The summed E-state index contributed by atoms with van der Waals surface area (Å²) < 4.78 is 10.7. The van der Waals surface area contributed by atoms with Crippen LogP contribution >= 0.6 is 0 Å². The molecule has 1 fully saturated rings. The number of nitrogens with one attached hydrogen (secondary N) is 2. The molecule has 0 atom stereocenters. The Morgan fingerprint density at radius 1 is 1.00 bits per heavy atom. The Morgan fingerprint density at radius 3 is 2.39 bits per heavy atom. The van der Waals surface area contributed by atoms with E-state index in [0.29, 0.717) is 13.1 Å². The quantitative estimate of drug-likeness (QED) is 0.643. The molecule has 1 aromatic heterocycles. The summed E-state index contributed by atoms with van der Waals surface area (Å²) in [6.45, 7) is 4.11. The van der Waals surface area contributed by atoms with E-state index in [0.717, 1.165) is 36.7 Å². The number of aromatic nitrogens is 2. The number of nitrogens with zero attached hydrogens (tertiary/aromatic N) is 2. The zero-order valence-corrected chi connectivity index (χ0v) is 15.1. The SMILES string of the molecule is O=C(O)c1[nH]c(=O)[nH]c(=O)c1CN1CCN(Cc2ccc3c(c2)OCO3)CC1. The molecule has 3 heterocycles. The molecular weight excluding hydrogens is 368 g/mol. The van der Waals surface area contributed by atoms with Crippen molar-refractivity contribution < 1.29 is 19.4 Å². The predicted molar refractivity (Wildman–Crippen MR) is 97.8 cm³/mol. The van der Waals surface area contributed by atoms with Crippen LogP contribution in [0.25, 0.3) is 0 Å². The van der Waals surface area contributed by atoms with Gasteiger partial charge in [0, 0.05) is 39.3 Å². The minimum atomic E-state index is -1.32. The minimum absolute atomic E-state index is 0.0660. The average Bonchev–Trinajstić information content (AvgIpc) is 3.13. The molecule has 0 amide bonds. The van der Waals surface area contributed by atoms with E-state index in [1.54, 1.807) is 0 Å². The standard InChI is InChI=1S/C18H20N4O6/c23-16-12(15(17(24)25)19-18(26)20-16)9-22-5-3-21(4-6-22)8-11-1-2-13-14(7-11)28-10-27-13/h1-2,7H,3-6,8-10H2,(H,24,25)(H2,19,20,23,26). The molecule has 3 N–H and O–H groups in total. The second kappa shape index (κ2) is 7.49. The highest BCUT2D eigenvalue weighted by Gasteiger charge is 2.23. The fourth-order valence-corrected chi connectivity index (χ4v) is 3.47. The maximum atomic E-state index is 12.0. The van der Waals surface area contributed by atoms with Gasteiger partial charge in [0.25, 0.3) is 5.56 Å². The maximum absolute atomic E-state index is 12.0. The van der Waals surface area contributed by atoms with Gasteiger partial charge in [-0.1, -0.05) is 6.07 Å². The summed E-state index contributed by atoms with van der Waals surface area (Å²) in [5.41, 5.74) is -0.639. The van der Waals surface area contributed by atoms with Crippen LogP contribution in [0.5, 0.6) is 11.5 Å². The number of ether oxygens (including phenoxy) is 2. The number of carboxylic acid groups (broad SMARTS) is 1. The number of carbonyl (C=O) groups is 1. The fraction of sp³-hybridized carbons (Fsp3) is 0.389. The molecule has 148 valence electrons. The van der Waals surface area contributed by atoms with Gasteiger partial charge in [-0.2, -0.15) is 0 Å². The van der Waals surface area contributed by atoms with Gasteiger partial charge in [0.15, 0.2) is 11.5 Å². The molecule has 2 aromatic rings. The molecule has 0 aliphatic carbocycles. The van der Waals surface area contributed by atoms with E-state index in [-0.39, 0.29) is 24.6 Å². The van der Waals surface area contributed by atoms with E-state index in [9.17, 15) is 19.5 Å². The molecular formula is C18H20N4O6. The van der Waals surface area contributed by atoms with Crippen molar-refractivity contribution in [3.63, 3.8) is 0 Å². The summed E-state index contributed by atoms with van der Waals surface area (Å²) in [5, 5.41) is 9.25. The Kier molecular flexibility index (Phi) is 4.88. The van der Waals surface area contributed by atoms with Crippen LogP contribution in [0.3, 0.4) is 0 Å². The Balaban J connectivity index is 1.38. The molecule has 0 unspecified atom stereocenters. The normalized spacial score (nSPS) is 17.0. The largest absolute Gasteiger partial charge is 0.477 e. The van der Waals surface area contributed by atoms with Crippen LogP contribution in [-0.4, -0.2) is 63.8 Å². The molecule has 1 aromatic carbocycles. The second-order valence-corrected chi connectivity index (χ2v) is 6.81. The smallest absolute Gasteiger partial charge is 0.352 e. The van der Waals surface area contributed by atoms with E-state index < -0.39 is 17.2 Å². The summed E-state index contributed by atoms with van der Waals surface area (Å²) >= 11 is 0. The molecule has 2 aliphatic heterocycles. The highest BCUT2D eigenvalue weighted by atomic mass is 16.7. The Bertz CT molecular complexity index is 1010. The molecule has 10 heteroatoms. The maximum Gasteiger partial charge on any atom is 0.352 e. The fourth-order valence-electron chi connectivity index (χ4n) is 3.47. The molecule has 0 spiro atoms. The predicted octanol–water partition coefficient (Wildman–Crippen LogP) is -0.192. The number of fused-ring (bicyclic) bond motifs is 1. The highest BCUT2D eigenvalue weighted by Crippen LogP contribution is 2.32. The van der Waals surface area contributed by atoms with E-state index in [1.807, 2.05) is 23.1 Å². The third-order valence-corrected chi connectivity index (χ3v) is 4.95. The van der Waals surface area contributed by atoms with Gasteiger partial charge < -0.3 is 19.6 Å². The topological polar surface area (TPSA) is 128 Å². The first-order chi connectivity index (χ1) is 13.5. The van der Waals surface area contributed by atoms with Gasteiger partial charge in [0.2, 0.25) is 6.79 Å². The lowest BCUT2D eigenvalue weighted by molar-refractivity contribution is 0.0684. The molecule has 28 heavy (non-hydrogen) atoms. The van der Waals surface area contributed by atoms with Crippen LogP contribution in [0, 0.1) is 0 Å². The highest BCUT2D eigenvalue weighted by molar-refractivity contribution is 5.86. The van der Waals surface area contributed by atoms with Gasteiger partial charge in [0.05, 0.1) is 5.56 Å². The first kappa shape index (κ1) is 18.3. The summed E-state index contributed by atoms with van der Waals surface area (Å²) in [7, 11) is 0. The van der Waals surface area contributed by atoms with Crippen molar-refractivity contribution in [1.82, 2.24) is 19.8 Å². The van der Waals surface area contributed by atoms with E-state index >= 15 is 0 Å². The van der Waals surface area contributed by atoms with Gasteiger partial charge in [-0.3, -0.25) is 19.6 Å². The van der Waals surface area contributed by atoms with Crippen LogP contribution in [-0.2, 0) is 13.1 Å². The van der Waals surface area contributed by atoms with Gasteiger partial charge in [-0.15, -0.1) is 0 Å². The minimum Gasteiger partial charge on any atom is -0.477 e. The summed E-state index contributed by atoms with van der Waals surface area (Å²) in [6, 6.07) is 5.90. The number of aromatic carboxylic acids is 1. The first-order valence-electron chi connectivity index (χ1n) is 8.91. The van der Waals surface area contributed by atoms with Gasteiger partial charge in [-0.05, 0) is 17.7 Å². The number of aromatic amines is 2. The third kappa shape index (κ3) is 3.78. The monoisotopic (exact) mass is 388 g/mol. The van der Waals surface area contributed by atoms with Crippen LogP contribution in [0.15, 0.2) is 27.8 Å². The molecule has 0 saturated carbocycles. The Morgan fingerprint density at radius 2 is 1.68 bits per heavy atom. The molecule has 10 nitrogen and oxygen atoms in total. The van der Waals surface area contributed by atoms with Gasteiger partial charge in [-0.25, -0.2) is 9.59 Å². The summed E-state index contributed by atoms with van der Waals surface area (Å²) in [6.07, 6.45) is 0. The molecule has 1 saturated heterocycles. The van der Waals surface area contributed by atoms with E-state index in [4.69, 9.17) is 9.47 Å². The molecule has 2 aliphatic rings. The molecule has 0 radical (unpaired) electrons. The van der Waals surface area contributed by atoms with Gasteiger partial charge >= 0.3 is 11.7 Å².